The number of ether oxygens (including phenoxy) is 2. The molecule has 1 aliphatic heterocycles. The van der Waals surface area contributed by atoms with Crippen LogP contribution >= 0.6 is 0 Å². The monoisotopic (exact) mass is 318 g/mol. The van der Waals surface area contributed by atoms with E-state index in [4.69, 9.17) is 9.47 Å². The van der Waals surface area contributed by atoms with Gasteiger partial charge in [-0.3, -0.25) is 9.59 Å². The number of morpholine rings is 1. The summed E-state index contributed by atoms with van der Waals surface area (Å²) in [4.78, 5) is 25.8. The van der Waals surface area contributed by atoms with Crippen LogP contribution in [-0.4, -0.2) is 49.1 Å². The molecule has 6 nitrogen and oxygen atoms in total. The van der Waals surface area contributed by atoms with Gasteiger partial charge in [0.15, 0.2) is 6.61 Å². The maximum absolute atomic E-state index is 12.2. The number of anilines is 1. The molecule has 0 aromatic heterocycles. The standard InChI is InChI=1S/C17H22N2O4/c1-12-10-22-8-7-19(12)16(20)11-23-15-4-2-3-14(9-15)18-17(21)13-5-6-13/h2-4,9,12-13H,5-8,10-11H2,1H3,(H,18,21). The molecule has 124 valence electrons. The fourth-order valence-corrected chi connectivity index (χ4v) is 2.58. The highest BCUT2D eigenvalue weighted by molar-refractivity contribution is 5.94. The average Bonchev–Trinajstić information content (AvgIpc) is 3.38. The van der Waals surface area contributed by atoms with Gasteiger partial charge < -0.3 is 19.7 Å². The van der Waals surface area contributed by atoms with Crippen molar-refractivity contribution in [2.45, 2.75) is 25.8 Å². The summed E-state index contributed by atoms with van der Waals surface area (Å²) in [5.74, 6) is 0.741. The van der Waals surface area contributed by atoms with Crippen LogP contribution in [0.5, 0.6) is 5.75 Å². The molecular formula is C17H22N2O4. The van der Waals surface area contributed by atoms with Crippen molar-refractivity contribution < 1.29 is 19.1 Å². The Morgan fingerprint density at radius 2 is 2.22 bits per heavy atom. The fraction of sp³-hybridized carbons (Fsp3) is 0.529. The summed E-state index contributed by atoms with van der Waals surface area (Å²) in [7, 11) is 0. The lowest BCUT2D eigenvalue weighted by atomic mass is 10.2. The lowest BCUT2D eigenvalue weighted by Gasteiger charge is -2.33. The van der Waals surface area contributed by atoms with Crippen LogP contribution in [0.3, 0.4) is 0 Å². The van der Waals surface area contributed by atoms with Crippen LogP contribution < -0.4 is 10.1 Å². The lowest BCUT2D eigenvalue weighted by Crippen LogP contribution is -2.48. The molecule has 1 N–H and O–H groups in total. The maximum atomic E-state index is 12.2. The minimum absolute atomic E-state index is 0.00956. The van der Waals surface area contributed by atoms with Crippen LogP contribution in [0.1, 0.15) is 19.8 Å². The van der Waals surface area contributed by atoms with Crippen molar-refractivity contribution in [3.8, 4) is 5.75 Å². The zero-order valence-electron chi connectivity index (χ0n) is 13.3. The molecule has 2 amide bonds. The number of nitrogens with one attached hydrogen (secondary N) is 1. The largest absolute Gasteiger partial charge is 0.484 e. The molecule has 0 radical (unpaired) electrons. The minimum atomic E-state index is -0.0479. The summed E-state index contributed by atoms with van der Waals surface area (Å²) in [6.07, 6.45) is 1.93. The Bertz CT molecular complexity index is 586. The SMILES string of the molecule is CC1COCCN1C(=O)COc1cccc(NC(=O)C2CC2)c1. The Morgan fingerprint density at radius 3 is 2.96 bits per heavy atom. The molecule has 0 spiro atoms. The van der Waals surface area contributed by atoms with E-state index in [9.17, 15) is 9.59 Å². The number of benzene rings is 1. The molecule has 1 heterocycles. The summed E-state index contributed by atoms with van der Waals surface area (Å²) in [6, 6.07) is 7.22. The summed E-state index contributed by atoms with van der Waals surface area (Å²) in [5.41, 5.74) is 0.701. The first-order valence-corrected chi connectivity index (χ1v) is 8.04. The van der Waals surface area contributed by atoms with E-state index in [-0.39, 0.29) is 30.4 Å². The quantitative estimate of drug-likeness (QED) is 0.896. The minimum Gasteiger partial charge on any atom is -0.484 e. The van der Waals surface area contributed by atoms with Crippen LogP contribution in [0.25, 0.3) is 0 Å². The third kappa shape index (κ3) is 4.22. The number of carbonyl (C=O) groups is 2. The second-order valence-electron chi connectivity index (χ2n) is 6.09. The normalized spacial score (nSPS) is 20.9. The Labute approximate surface area is 135 Å². The van der Waals surface area contributed by atoms with Crippen molar-refractivity contribution >= 4 is 17.5 Å². The number of carbonyl (C=O) groups excluding carboxylic acids is 2. The molecule has 3 rings (SSSR count). The van der Waals surface area contributed by atoms with Crippen molar-refractivity contribution in [1.82, 2.24) is 4.90 Å². The zero-order valence-corrected chi connectivity index (χ0v) is 13.3. The van der Waals surface area contributed by atoms with Gasteiger partial charge in [-0.25, -0.2) is 0 Å². The Kier molecular flexibility index (Phi) is 4.81. The molecule has 1 saturated heterocycles. The third-order valence-corrected chi connectivity index (χ3v) is 4.10. The Hall–Kier alpha value is -2.08. The second kappa shape index (κ2) is 7.00. The smallest absolute Gasteiger partial charge is 0.260 e. The van der Waals surface area contributed by atoms with Crippen molar-refractivity contribution in [3.63, 3.8) is 0 Å². The molecule has 1 aromatic carbocycles. The van der Waals surface area contributed by atoms with Crippen LogP contribution in [0.4, 0.5) is 5.69 Å². The van der Waals surface area contributed by atoms with Gasteiger partial charge in [-0.2, -0.15) is 0 Å². The van der Waals surface area contributed by atoms with Crippen LogP contribution in [0, 0.1) is 5.92 Å². The second-order valence-corrected chi connectivity index (χ2v) is 6.09. The van der Waals surface area contributed by atoms with Gasteiger partial charge >= 0.3 is 0 Å². The van der Waals surface area contributed by atoms with E-state index < -0.39 is 0 Å². The van der Waals surface area contributed by atoms with E-state index in [0.717, 1.165) is 12.8 Å². The van der Waals surface area contributed by atoms with Crippen molar-refractivity contribution in [3.05, 3.63) is 24.3 Å². The highest BCUT2D eigenvalue weighted by Gasteiger charge is 2.29. The average molecular weight is 318 g/mol. The molecular weight excluding hydrogens is 296 g/mol. The molecule has 1 unspecified atom stereocenters. The number of amides is 2. The van der Waals surface area contributed by atoms with Gasteiger partial charge in [0.25, 0.3) is 5.91 Å². The number of hydrogen-bond acceptors (Lipinski definition) is 4. The predicted octanol–water partition coefficient (Wildman–Crippen LogP) is 1.66. The van der Waals surface area contributed by atoms with Gasteiger partial charge in [-0.15, -0.1) is 0 Å². The van der Waals surface area contributed by atoms with Crippen molar-refractivity contribution in [1.29, 1.82) is 0 Å². The van der Waals surface area contributed by atoms with E-state index in [2.05, 4.69) is 5.32 Å². The molecule has 1 atom stereocenters. The van der Waals surface area contributed by atoms with Gasteiger partial charge in [0.2, 0.25) is 5.91 Å². The highest BCUT2D eigenvalue weighted by atomic mass is 16.5. The molecule has 1 saturated carbocycles. The first kappa shape index (κ1) is 15.8. The summed E-state index contributed by atoms with van der Waals surface area (Å²) in [6.45, 7) is 3.68. The van der Waals surface area contributed by atoms with Crippen molar-refractivity contribution in [2.24, 2.45) is 5.92 Å². The molecule has 6 heteroatoms. The third-order valence-electron chi connectivity index (χ3n) is 4.10. The molecule has 23 heavy (non-hydrogen) atoms. The number of hydrogen-bond donors (Lipinski definition) is 1. The van der Waals surface area contributed by atoms with Gasteiger partial charge in [-0.1, -0.05) is 6.07 Å². The van der Waals surface area contributed by atoms with E-state index in [1.807, 2.05) is 13.0 Å². The Morgan fingerprint density at radius 1 is 1.39 bits per heavy atom. The van der Waals surface area contributed by atoms with E-state index in [1.165, 1.54) is 0 Å². The first-order valence-electron chi connectivity index (χ1n) is 8.04. The van der Waals surface area contributed by atoms with Crippen LogP contribution in [0.2, 0.25) is 0 Å². The topological polar surface area (TPSA) is 67.9 Å². The molecule has 0 bridgehead atoms. The lowest BCUT2D eigenvalue weighted by molar-refractivity contribution is -0.141. The predicted molar refractivity (Wildman–Crippen MR) is 85.3 cm³/mol. The van der Waals surface area contributed by atoms with Crippen LogP contribution in [-0.2, 0) is 14.3 Å². The molecule has 2 fully saturated rings. The zero-order chi connectivity index (χ0) is 16.2. The van der Waals surface area contributed by atoms with E-state index in [1.54, 1.807) is 23.1 Å². The highest BCUT2D eigenvalue weighted by Crippen LogP contribution is 2.30. The van der Waals surface area contributed by atoms with Gasteiger partial charge in [-0.05, 0) is 31.9 Å². The molecule has 2 aliphatic rings. The van der Waals surface area contributed by atoms with Crippen LogP contribution in [0.15, 0.2) is 24.3 Å². The van der Waals surface area contributed by atoms with E-state index in [0.29, 0.717) is 31.2 Å². The summed E-state index contributed by atoms with van der Waals surface area (Å²) in [5, 5.41) is 2.87. The van der Waals surface area contributed by atoms with Gasteiger partial charge in [0, 0.05) is 24.2 Å². The van der Waals surface area contributed by atoms with Crippen molar-refractivity contribution in [2.75, 3.05) is 31.7 Å². The van der Waals surface area contributed by atoms with Gasteiger partial charge in [0.05, 0.1) is 19.3 Å². The summed E-state index contributed by atoms with van der Waals surface area (Å²) < 4.78 is 10.9. The first-order chi connectivity index (χ1) is 11.1. The summed E-state index contributed by atoms with van der Waals surface area (Å²) >= 11 is 0. The molecule has 1 aliphatic carbocycles. The van der Waals surface area contributed by atoms with E-state index >= 15 is 0 Å². The Balaban J connectivity index is 1.53. The maximum Gasteiger partial charge on any atom is 0.260 e. The molecule has 1 aromatic rings. The fourth-order valence-electron chi connectivity index (χ4n) is 2.58. The van der Waals surface area contributed by atoms with Gasteiger partial charge in [0.1, 0.15) is 5.75 Å². The number of nitrogens with zero attached hydrogens (tertiary/aromatic N) is 1. The number of rotatable bonds is 5.